The van der Waals surface area contributed by atoms with Gasteiger partial charge >= 0.3 is 0 Å². The minimum atomic E-state index is 0.694. The molecule has 17 heavy (non-hydrogen) atoms. The molecule has 96 valence electrons. The van der Waals surface area contributed by atoms with E-state index in [-0.39, 0.29) is 0 Å². The summed E-state index contributed by atoms with van der Waals surface area (Å²) in [7, 11) is 1.97. The molecule has 0 saturated carbocycles. The second-order valence-corrected chi connectivity index (χ2v) is 5.12. The summed E-state index contributed by atoms with van der Waals surface area (Å²) in [5.74, 6) is 1.75. The molecule has 0 unspecified atom stereocenters. The van der Waals surface area contributed by atoms with E-state index >= 15 is 0 Å². The number of hydrogen-bond acceptors (Lipinski definition) is 2. The van der Waals surface area contributed by atoms with Crippen molar-refractivity contribution in [2.75, 3.05) is 13.7 Å². The van der Waals surface area contributed by atoms with Crippen LogP contribution < -0.4 is 10.1 Å². The van der Waals surface area contributed by atoms with Crippen LogP contribution in [0.5, 0.6) is 5.75 Å². The maximum atomic E-state index is 5.89. The maximum Gasteiger partial charge on any atom is 0.125 e. The number of aryl methyl sites for hydroxylation is 2. The van der Waals surface area contributed by atoms with Gasteiger partial charge in [0.1, 0.15) is 5.75 Å². The molecule has 2 heteroatoms. The van der Waals surface area contributed by atoms with Crippen LogP contribution in [0.25, 0.3) is 0 Å². The average Bonchev–Trinajstić information content (AvgIpc) is 2.22. The molecule has 0 aliphatic heterocycles. The monoisotopic (exact) mass is 235 g/mol. The SMILES string of the molecule is CNCc1cc(C)c(OCCC(C)C)c(C)c1. The van der Waals surface area contributed by atoms with Gasteiger partial charge in [0, 0.05) is 6.54 Å². The van der Waals surface area contributed by atoms with Gasteiger partial charge in [-0.05, 0) is 49.9 Å². The first-order chi connectivity index (χ1) is 8.04. The van der Waals surface area contributed by atoms with Crippen LogP contribution in [0.15, 0.2) is 12.1 Å². The van der Waals surface area contributed by atoms with Gasteiger partial charge in [0.25, 0.3) is 0 Å². The van der Waals surface area contributed by atoms with Crippen molar-refractivity contribution in [3.05, 3.63) is 28.8 Å². The van der Waals surface area contributed by atoms with Crippen LogP contribution in [0.1, 0.15) is 37.0 Å². The average molecular weight is 235 g/mol. The molecular weight excluding hydrogens is 210 g/mol. The van der Waals surface area contributed by atoms with Crippen molar-refractivity contribution in [3.8, 4) is 5.75 Å². The lowest BCUT2D eigenvalue weighted by Crippen LogP contribution is -2.07. The van der Waals surface area contributed by atoms with Crippen LogP contribution in [0.2, 0.25) is 0 Å². The topological polar surface area (TPSA) is 21.3 Å². The van der Waals surface area contributed by atoms with Crippen molar-refractivity contribution in [2.45, 2.75) is 40.7 Å². The van der Waals surface area contributed by atoms with Crippen LogP contribution in [0.4, 0.5) is 0 Å². The number of rotatable bonds is 6. The number of benzene rings is 1. The summed E-state index contributed by atoms with van der Waals surface area (Å²) in [5, 5.41) is 3.18. The summed E-state index contributed by atoms with van der Waals surface area (Å²) < 4.78 is 5.89. The zero-order valence-corrected chi connectivity index (χ0v) is 11.8. The normalized spacial score (nSPS) is 10.9. The van der Waals surface area contributed by atoms with Crippen LogP contribution in [0, 0.1) is 19.8 Å². The van der Waals surface area contributed by atoms with Crippen LogP contribution in [-0.2, 0) is 6.54 Å². The molecule has 0 saturated heterocycles. The fourth-order valence-electron chi connectivity index (χ4n) is 1.97. The van der Waals surface area contributed by atoms with Crippen LogP contribution in [-0.4, -0.2) is 13.7 Å². The highest BCUT2D eigenvalue weighted by Crippen LogP contribution is 2.25. The van der Waals surface area contributed by atoms with Crippen molar-refractivity contribution in [1.82, 2.24) is 5.32 Å². The van der Waals surface area contributed by atoms with Gasteiger partial charge in [-0.1, -0.05) is 26.0 Å². The molecule has 1 aromatic carbocycles. The Morgan fingerprint density at radius 1 is 1.18 bits per heavy atom. The first-order valence-corrected chi connectivity index (χ1v) is 6.42. The summed E-state index contributed by atoms with van der Waals surface area (Å²) in [5.41, 5.74) is 3.79. The van der Waals surface area contributed by atoms with E-state index in [1.165, 1.54) is 16.7 Å². The van der Waals surface area contributed by atoms with Gasteiger partial charge in [-0.3, -0.25) is 0 Å². The molecule has 1 aromatic rings. The van der Waals surface area contributed by atoms with Crippen LogP contribution >= 0.6 is 0 Å². The Morgan fingerprint density at radius 3 is 2.24 bits per heavy atom. The molecule has 0 radical (unpaired) electrons. The first kappa shape index (κ1) is 14.0. The number of nitrogens with one attached hydrogen (secondary N) is 1. The molecule has 2 nitrogen and oxygen atoms in total. The van der Waals surface area contributed by atoms with E-state index in [0.29, 0.717) is 5.92 Å². The molecule has 0 amide bonds. The van der Waals surface area contributed by atoms with Gasteiger partial charge in [-0.15, -0.1) is 0 Å². The van der Waals surface area contributed by atoms with Gasteiger partial charge in [-0.25, -0.2) is 0 Å². The zero-order valence-electron chi connectivity index (χ0n) is 11.8. The number of hydrogen-bond donors (Lipinski definition) is 1. The molecule has 1 N–H and O–H groups in total. The largest absolute Gasteiger partial charge is 0.493 e. The molecule has 0 atom stereocenters. The smallest absolute Gasteiger partial charge is 0.125 e. The van der Waals surface area contributed by atoms with Crippen molar-refractivity contribution in [2.24, 2.45) is 5.92 Å². The highest BCUT2D eigenvalue weighted by molar-refractivity contribution is 5.43. The Bertz CT molecular complexity index is 335. The molecule has 0 aliphatic rings. The minimum absolute atomic E-state index is 0.694. The Balaban J connectivity index is 2.72. The lowest BCUT2D eigenvalue weighted by molar-refractivity contribution is 0.286. The third kappa shape index (κ3) is 4.39. The van der Waals surface area contributed by atoms with Crippen molar-refractivity contribution >= 4 is 0 Å². The first-order valence-electron chi connectivity index (χ1n) is 6.42. The van der Waals surface area contributed by atoms with E-state index in [0.717, 1.165) is 25.3 Å². The minimum Gasteiger partial charge on any atom is -0.493 e. The molecule has 1 rings (SSSR count). The van der Waals surface area contributed by atoms with Crippen LogP contribution in [0.3, 0.4) is 0 Å². The lowest BCUT2D eigenvalue weighted by atomic mass is 10.1. The van der Waals surface area contributed by atoms with E-state index in [2.05, 4.69) is 45.1 Å². The molecule has 0 aliphatic carbocycles. The molecule has 0 aromatic heterocycles. The highest BCUT2D eigenvalue weighted by atomic mass is 16.5. The van der Waals surface area contributed by atoms with Crippen molar-refractivity contribution < 1.29 is 4.74 Å². The number of ether oxygens (including phenoxy) is 1. The summed E-state index contributed by atoms with van der Waals surface area (Å²) in [6, 6.07) is 4.41. The van der Waals surface area contributed by atoms with E-state index in [1.807, 2.05) is 7.05 Å². The Hall–Kier alpha value is -1.02. The van der Waals surface area contributed by atoms with Gasteiger partial charge in [0.2, 0.25) is 0 Å². The summed E-state index contributed by atoms with van der Waals surface area (Å²) in [6.07, 6.45) is 1.11. The molecule has 0 heterocycles. The summed E-state index contributed by atoms with van der Waals surface area (Å²) in [4.78, 5) is 0. The molecule has 0 spiro atoms. The Labute approximate surface area is 105 Å². The van der Waals surface area contributed by atoms with E-state index < -0.39 is 0 Å². The van der Waals surface area contributed by atoms with Gasteiger partial charge in [0.15, 0.2) is 0 Å². The summed E-state index contributed by atoms with van der Waals surface area (Å²) >= 11 is 0. The predicted octanol–water partition coefficient (Wildman–Crippen LogP) is 3.45. The van der Waals surface area contributed by atoms with E-state index in [1.54, 1.807) is 0 Å². The quantitative estimate of drug-likeness (QED) is 0.815. The van der Waals surface area contributed by atoms with Gasteiger partial charge in [-0.2, -0.15) is 0 Å². The predicted molar refractivity (Wildman–Crippen MR) is 73.6 cm³/mol. The van der Waals surface area contributed by atoms with Crippen molar-refractivity contribution in [3.63, 3.8) is 0 Å². The second kappa shape index (κ2) is 6.65. The maximum absolute atomic E-state index is 5.89. The highest BCUT2D eigenvalue weighted by Gasteiger charge is 2.06. The third-order valence-corrected chi connectivity index (χ3v) is 2.84. The van der Waals surface area contributed by atoms with Gasteiger partial charge < -0.3 is 10.1 Å². The Kier molecular flexibility index (Phi) is 5.49. The van der Waals surface area contributed by atoms with Crippen molar-refractivity contribution in [1.29, 1.82) is 0 Å². The fraction of sp³-hybridized carbons (Fsp3) is 0.600. The summed E-state index contributed by atoms with van der Waals surface area (Å²) in [6.45, 7) is 10.4. The third-order valence-electron chi connectivity index (χ3n) is 2.84. The fourth-order valence-corrected chi connectivity index (χ4v) is 1.97. The van der Waals surface area contributed by atoms with E-state index in [4.69, 9.17) is 4.74 Å². The standard InChI is InChI=1S/C15H25NO/c1-11(2)6-7-17-15-12(3)8-14(10-16-5)9-13(15)4/h8-9,11,16H,6-7,10H2,1-5H3. The molecule has 0 bridgehead atoms. The van der Waals surface area contributed by atoms with E-state index in [9.17, 15) is 0 Å². The Morgan fingerprint density at radius 2 is 1.76 bits per heavy atom. The lowest BCUT2D eigenvalue weighted by Gasteiger charge is -2.15. The van der Waals surface area contributed by atoms with Gasteiger partial charge in [0.05, 0.1) is 6.61 Å². The zero-order chi connectivity index (χ0) is 12.8. The molecular formula is C15H25NO. The second-order valence-electron chi connectivity index (χ2n) is 5.12. The molecule has 0 fully saturated rings.